The highest BCUT2D eigenvalue weighted by atomic mass is 35.5. The molecule has 3 nitrogen and oxygen atoms in total. The van der Waals surface area contributed by atoms with Crippen LogP contribution in [-0.4, -0.2) is 9.55 Å². The maximum Gasteiger partial charge on any atom is 0.123 e. The molecule has 3 rings (SSSR count). The van der Waals surface area contributed by atoms with Gasteiger partial charge in [0.1, 0.15) is 5.76 Å². The SMILES string of the molecule is Clc1ccc2c(c1)ncn2Cc1ccco1. The molecule has 1 aromatic carbocycles. The van der Waals surface area contributed by atoms with Gasteiger partial charge in [0.2, 0.25) is 0 Å². The van der Waals surface area contributed by atoms with E-state index < -0.39 is 0 Å². The Bertz CT molecular complexity index is 613. The van der Waals surface area contributed by atoms with Crippen LogP contribution in [0.15, 0.2) is 47.3 Å². The summed E-state index contributed by atoms with van der Waals surface area (Å²) in [6.07, 6.45) is 3.47. The Morgan fingerprint density at radius 3 is 3.06 bits per heavy atom. The molecule has 0 bridgehead atoms. The van der Waals surface area contributed by atoms with Gasteiger partial charge in [0, 0.05) is 5.02 Å². The molecule has 2 aromatic heterocycles. The van der Waals surface area contributed by atoms with Crippen LogP contribution in [0.3, 0.4) is 0 Å². The molecule has 3 aromatic rings. The number of fused-ring (bicyclic) bond motifs is 1. The van der Waals surface area contributed by atoms with Crippen LogP contribution >= 0.6 is 11.6 Å². The number of hydrogen-bond donors (Lipinski definition) is 0. The van der Waals surface area contributed by atoms with E-state index in [4.69, 9.17) is 16.0 Å². The average Bonchev–Trinajstić information content (AvgIpc) is 2.89. The topological polar surface area (TPSA) is 31.0 Å². The van der Waals surface area contributed by atoms with Crippen LogP contribution in [0.2, 0.25) is 5.02 Å². The molecule has 0 saturated heterocycles. The third-order valence-corrected chi connectivity index (χ3v) is 2.72. The number of hydrogen-bond acceptors (Lipinski definition) is 2. The maximum absolute atomic E-state index is 5.90. The van der Waals surface area contributed by atoms with Gasteiger partial charge in [-0.3, -0.25) is 0 Å². The van der Waals surface area contributed by atoms with Crippen molar-refractivity contribution in [2.45, 2.75) is 6.54 Å². The van der Waals surface area contributed by atoms with Crippen LogP contribution < -0.4 is 0 Å². The molecule has 16 heavy (non-hydrogen) atoms. The lowest BCUT2D eigenvalue weighted by molar-refractivity contribution is 0.496. The third kappa shape index (κ3) is 1.59. The predicted octanol–water partition coefficient (Wildman–Crippen LogP) is 3.33. The van der Waals surface area contributed by atoms with Crippen molar-refractivity contribution in [2.75, 3.05) is 0 Å². The molecular formula is C12H9ClN2O. The second kappa shape index (κ2) is 3.68. The lowest BCUT2D eigenvalue weighted by Gasteiger charge is -2.00. The van der Waals surface area contributed by atoms with Crippen LogP contribution in [0.4, 0.5) is 0 Å². The molecule has 0 amide bonds. The molecule has 0 aliphatic heterocycles. The molecule has 0 fully saturated rings. The van der Waals surface area contributed by atoms with Crippen molar-refractivity contribution in [3.05, 3.63) is 53.7 Å². The summed E-state index contributed by atoms with van der Waals surface area (Å²) in [5.74, 6) is 0.911. The smallest absolute Gasteiger partial charge is 0.123 e. The Labute approximate surface area is 97.3 Å². The van der Waals surface area contributed by atoms with Crippen molar-refractivity contribution in [1.29, 1.82) is 0 Å². The Balaban J connectivity index is 2.04. The van der Waals surface area contributed by atoms with E-state index in [2.05, 4.69) is 4.98 Å². The fraction of sp³-hybridized carbons (Fsp3) is 0.0833. The highest BCUT2D eigenvalue weighted by molar-refractivity contribution is 6.31. The van der Waals surface area contributed by atoms with Crippen molar-refractivity contribution in [1.82, 2.24) is 9.55 Å². The van der Waals surface area contributed by atoms with Crippen molar-refractivity contribution < 1.29 is 4.42 Å². The second-order valence-electron chi connectivity index (χ2n) is 3.58. The maximum atomic E-state index is 5.90. The van der Waals surface area contributed by atoms with E-state index >= 15 is 0 Å². The number of rotatable bonds is 2. The number of halogens is 1. The average molecular weight is 233 g/mol. The normalized spacial score (nSPS) is 11.1. The van der Waals surface area contributed by atoms with E-state index in [1.165, 1.54) is 0 Å². The molecule has 80 valence electrons. The van der Waals surface area contributed by atoms with Crippen molar-refractivity contribution in [2.24, 2.45) is 0 Å². The summed E-state index contributed by atoms with van der Waals surface area (Å²) in [7, 11) is 0. The Morgan fingerprint density at radius 2 is 2.25 bits per heavy atom. The first kappa shape index (κ1) is 9.48. The van der Waals surface area contributed by atoms with Gasteiger partial charge >= 0.3 is 0 Å². The summed E-state index contributed by atoms with van der Waals surface area (Å²) in [5.41, 5.74) is 1.96. The zero-order valence-corrected chi connectivity index (χ0v) is 9.19. The molecule has 0 spiro atoms. The summed E-state index contributed by atoms with van der Waals surface area (Å²) in [4.78, 5) is 4.30. The van der Waals surface area contributed by atoms with Gasteiger partial charge in [0.05, 0.1) is 30.2 Å². The third-order valence-electron chi connectivity index (χ3n) is 2.49. The Hall–Kier alpha value is -1.74. The quantitative estimate of drug-likeness (QED) is 0.679. The molecule has 0 radical (unpaired) electrons. The van der Waals surface area contributed by atoms with E-state index in [0.717, 1.165) is 16.8 Å². The van der Waals surface area contributed by atoms with Crippen molar-refractivity contribution in [3.63, 3.8) is 0 Å². The highest BCUT2D eigenvalue weighted by Gasteiger charge is 2.04. The van der Waals surface area contributed by atoms with Crippen LogP contribution in [0, 0.1) is 0 Å². The first-order valence-corrected chi connectivity index (χ1v) is 5.33. The van der Waals surface area contributed by atoms with Gasteiger partial charge in [-0.1, -0.05) is 11.6 Å². The van der Waals surface area contributed by atoms with E-state index in [1.54, 1.807) is 12.6 Å². The van der Waals surface area contributed by atoms with E-state index in [9.17, 15) is 0 Å². The lowest BCUT2D eigenvalue weighted by atomic mass is 10.3. The van der Waals surface area contributed by atoms with Crippen LogP contribution in [0.1, 0.15) is 5.76 Å². The van der Waals surface area contributed by atoms with Gasteiger partial charge in [0.25, 0.3) is 0 Å². The minimum atomic E-state index is 0.686. The number of nitrogens with zero attached hydrogens (tertiary/aromatic N) is 2. The van der Waals surface area contributed by atoms with Gasteiger partial charge in [0.15, 0.2) is 0 Å². The van der Waals surface area contributed by atoms with Crippen LogP contribution in [-0.2, 0) is 6.54 Å². The van der Waals surface area contributed by atoms with Gasteiger partial charge in [-0.25, -0.2) is 4.98 Å². The summed E-state index contributed by atoms with van der Waals surface area (Å²) in [6.45, 7) is 0.686. The number of benzene rings is 1. The fourth-order valence-electron chi connectivity index (χ4n) is 1.73. The molecule has 4 heteroatoms. The van der Waals surface area contributed by atoms with Gasteiger partial charge in [-0.05, 0) is 30.3 Å². The molecule has 0 saturated carbocycles. The van der Waals surface area contributed by atoms with E-state index in [0.29, 0.717) is 11.6 Å². The summed E-state index contributed by atoms with van der Waals surface area (Å²) in [5, 5.41) is 0.704. The van der Waals surface area contributed by atoms with Crippen molar-refractivity contribution >= 4 is 22.6 Å². The standard InChI is InChI=1S/C12H9ClN2O/c13-9-3-4-12-11(6-9)14-8-15(12)7-10-2-1-5-16-10/h1-6,8H,7H2. The van der Waals surface area contributed by atoms with Gasteiger partial charge in [-0.15, -0.1) is 0 Å². The Morgan fingerprint density at radius 1 is 1.31 bits per heavy atom. The summed E-state index contributed by atoms with van der Waals surface area (Å²) in [6, 6.07) is 9.51. The first-order chi connectivity index (χ1) is 7.83. The lowest BCUT2D eigenvalue weighted by Crippen LogP contribution is -1.95. The van der Waals surface area contributed by atoms with E-state index in [1.807, 2.05) is 34.9 Å². The fourth-order valence-corrected chi connectivity index (χ4v) is 1.90. The molecule has 0 unspecified atom stereocenters. The number of imidazole rings is 1. The summed E-state index contributed by atoms with van der Waals surface area (Å²) < 4.78 is 7.34. The molecule has 0 N–H and O–H groups in total. The Kier molecular flexibility index (Phi) is 2.18. The predicted molar refractivity (Wildman–Crippen MR) is 62.6 cm³/mol. The van der Waals surface area contributed by atoms with Crippen molar-refractivity contribution in [3.8, 4) is 0 Å². The first-order valence-electron chi connectivity index (χ1n) is 4.96. The molecule has 0 atom stereocenters. The summed E-state index contributed by atoms with van der Waals surface area (Å²) >= 11 is 5.90. The minimum absolute atomic E-state index is 0.686. The molecule has 2 heterocycles. The zero-order valence-electron chi connectivity index (χ0n) is 8.43. The highest BCUT2D eigenvalue weighted by Crippen LogP contribution is 2.19. The molecule has 0 aliphatic rings. The van der Waals surface area contributed by atoms with Crippen LogP contribution in [0.25, 0.3) is 11.0 Å². The monoisotopic (exact) mass is 232 g/mol. The minimum Gasteiger partial charge on any atom is -0.467 e. The van der Waals surface area contributed by atoms with E-state index in [-0.39, 0.29) is 0 Å². The second-order valence-corrected chi connectivity index (χ2v) is 4.02. The number of furan rings is 1. The van der Waals surface area contributed by atoms with Gasteiger partial charge < -0.3 is 8.98 Å². The molecule has 0 aliphatic carbocycles. The van der Waals surface area contributed by atoms with Gasteiger partial charge in [-0.2, -0.15) is 0 Å². The zero-order chi connectivity index (χ0) is 11.0. The molecular weight excluding hydrogens is 224 g/mol. The number of aromatic nitrogens is 2. The van der Waals surface area contributed by atoms with Crippen LogP contribution in [0.5, 0.6) is 0 Å². The largest absolute Gasteiger partial charge is 0.467 e.